The van der Waals surface area contributed by atoms with E-state index in [1.807, 2.05) is 0 Å². The molecule has 2 amide bonds. The lowest BCUT2D eigenvalue weighted by Gasteiger charge is -2.30. The highest BCUT2D eigenvalue weighted by Gasteiger charge is 2.29. The Balaban J connectivity index is 1.81. The van der Waals surface area contributed by atoms with Gasteiger partial charge >= 0.3 is 0 Å². The number of benzene rings is 1. The van der Waals surface area contributed by atoms with Crippen molar-refractivity contribution < 1.29 is 14.0 Å². The second kappa shape index (κ2) is 8.70. The van der Waals surface area contributed by atoms with Crippen molar-refractivity contribution in [2.24, 2.45) is 0 Å². The van der Waals surface area contributed by atoms with E-state index in [4.69, 9.17) is 0 Å². The van der Waals surface area contributed by atoms with Crippen molar-refractivity contribution in [1.82, 2.24) is 24.3 Å². The first-order valence-electron chi connectivity index (χ1n) is 10.1. The van der Waals surface area contributed by atoms with Crippen molar-refractivity contribution in [3.05, 3.63) is 87.6 Å². The molecule has 0 bridgehead atoms. The molecule has 2 aromatic heterocycles. The minimum absolute atomic E-state index is 0.0617. The molecule has 1 aliphatic rings. The van der Waals surface area contributed by atoms with Crippen molar-refractivity contribution in [2.75, 3.05) is 13.6 Å². The number of hydrogen-bond acceptors (Lipinski definition) is 5. The summed E-state index contributed by atoms with van der Waals surface area (Å²) in [4.78, 5) is 49.9. The van der Waals surface area contributed by atoms with Crippen LogP contribution in [-0.2, 0) is 24.3 Å². The first kappa shape index (κ1) is 21.4. The molecule has 164 valence electrons. The fourth-order valence-electron chi connectivity index (χ4n) is 3.86. The Kier molecular flexibility index (Phi) is 5.81. The van der Waals surface area contributed by atoms with Gasteiger partial charge in [0.05, 0.1) is 12.2 Å². The highest BCUT2D eigenvalue weighted by Crippen LogP contribution is 2.23. The summed E-state index contributed by atoms with van der Waals surface area (Å²) in [7, 11) is 1.61. The summed E-state index contributed by atoms with van der Waals surface area (Å²) in [6, 6.07) is 7.17. The second-order valence-electron chi connectivity index (χ2n) is 7.71. The number of halogens is 1. The lowest BCUT2D eigenvalue weighted by atomic mass is 9.95. The van der Waals surface area contributed by atoms with Gasteiger partial charge in [-0.1, -0.05) is 0 Å². The molecule has 3 heterocycles. The molecule has 0 N–H and O–H groups in total. The Morgan fingerprint density at radius 3 is 2.59 bits per heavy atom. The normalized spacial score (nSPS) is 12.9. The van der Waals surface area contributed by atoms with E-state index < -0.39 is 17.3 Å². The van der Waals surface area contributed by atoms with Crippen LogP contribution in [0.25, 0.3) is 5.69 Å². The molecule has 32 heavy (non-hydrogen) atoms. The van der Waals surface area contributed by atoms with Gasteiger partial charge in [0.15, 0.2) is 0 Å². The number of nitrogens with zero attached hydrogens (tertiary/aromatic N) is 5. The van der Waals surface area contributed by atoms with E-state index in [2.05, 4.69) is 9.97 Å². The van der Waals surface area contributed by atoms with Crippen LogP contribution in [0.15, 0.2) is 53.8 Å². The predicted molar refractivity (Wildman–Crippen MR) is 115 cm³/mol. The number of amides is 2. The third kappa shape index (κ3) is 4.14. The molecular weight excluding hydrogens is 413 g/mol. The van der Waals surface area contributed by atoms with Crippen LogP contribution < -0.4 is 5.56 Å². The van der Waals surface area contributed by atoms with Gasteiger partial charge in [0, 0.05) is 45.1 Å². The van der Waals surface area contributed by atoms with Gasteiger partial charge in [0.1, 0.15) is 17.7 Å². The van der Waals surface area contributed by atoms with E-state index in [-0.39, 0.29) is 18.0 Å². The maximum atomic E-state index is 13.5. The van der Waals surface area contributed by atoms with E-state index >= 15 is 0 Å². The molecule has 0 saturated heterocycles. The first-order chi connectivity index (χ1) is 15.3. The summed E-state index contributed by atoms with van der Waals surface area (Å²) in [6.07, 6.45) is 5.02. The van der Waals surface area contributed by atoms with Gasteiger partial charge in [-0.15, -0.1) is 0 Å². The van der Waals surface area contributed by atoms with E-state index in [0.717, 1.165) is 0 Å². The molecule has 0 radical (unpaired) electrons. The molecule has 0 spiro atoms. The summed E-state index contributed by atoms with van der Waals surface area (Å²) < 4.78 is 14.8. The summed E-state index contributed by atoms with van der Waals surface area (Å²) >= 11 is 0. The van der Waals surface area contributed by atoms with Crippen LogP contribution in [-0.4, -0.2) is 49.7 Å². The fraction of sp³-hybridized carbons (Fsp3) is 0.261. The quantitative estimate of drug-likeness (QED) is 0.625. The fourth-order valence-corrected chi connectivity index (χ4v) is 3.86. The van der Waals surface area contributed by atoms with Crippen LogP contribution in [0.2, 0.25) is 0 Å². The minimum Gasteiger partial charge on any atom is -0.338 e. The van der Waals surface area contributed by atoms with Crippen molar-refractivity contribution in [3.8, 4) is 5.69 Å². The van der Waals surface area contributed by atoms with Gasteiger partial charge in [0.2, 0.25) is 5.91 Å². The van der Waals surface area contributed by atoms with Crippen LogP contribution in [0.4, 0.5) is 4.39 Å². The van der Waals surface area contributed by atoms with Gasteiger partial charge < -0.3 is 9.80 Å². The highest BCUT2D eigenvalue weighted by atomic mass is 19.1. The van der Waals surface area contributed by atoms with E-state index in [1.54, 1.807) is 30.4 Å². The lowest BCUT2D eigenvalue weighted by molar-refractivity contribution is -0.129. The largest absolute Gasteiger partial charge is 0.338 e. The molecule has 0 aliphatic carbocycles. The second-order valence-corrected chi connectivity index (χ2v) is 7.71. The molecule has 3 aromatic rings. The van der Waals surface area contributed by atoms with E-state index in [0.29, 0.717) is 42.0 Å². The first-order valence-corrected chi connectivity index (χ1v) is 10.1. The predicted octanol–water partition coefficient (Wildman–Crippen LogP) is 1.94. The summed E-state index contributed by atoms with van der Waals surface area (Å²) in [5.41, 5.74) is 2.02. The van der Waals surface area contributed by atoms with Crippen LogP contribution in [0.3, 0.4) is 0 Å². The van der Waals surface area contributed by atoms with Gasteiger partial charge in [-0.2, -0.15) is 0 Å². The van der Waals surface area contributed by atoms with Gasteiger partial charge in [-0.3, -0.25) is 19.0 Å². The third-order valence-electron chi connectivity index (χ3n) is 5.55. The molecule has 1 aromatic carbocycles. The van der Waals surface area contributed by atoms with Gasteiger partial charge in [-0.25, -0.2) is 14.4 Å². The number of pyridine rings is 1. The molecule has 8 nitrogen and oxygen atoms in total. The monoisotopic (exact) mass is 435 g/mol. The zero-order valence-corrected chi connectivity index (χ0v) is 17.8. The average molecular weight is 435 g/mol. The molecule has 0 unspecified atom stereocenters. The molecule has 4 rings (SSSR count). The maximum Gasteiger partial charge on any atom is 0.268 e. The average Bonchev–Trinajstić information content (AvgIpc) is 2.79. The van der Waals surface area contributed by atoms with Crippen LogP contribution in [0.1, 0.15) is 34.1 Å². The van der Waals surface area contributed by atoms with Gasteiger partial charge in [-0.05, 0) is 47.9 Å². The molecule has 0 atom stereocenters. The molecule has 0 fully saturated rings. The number of carbonyl (C=O) groups excluding carboxylic acids is 2. The van der Waals surface area contributed by atoms with Crippen LogP contribution in [0.5, 0.6) is 0 Å². The Morgan fingerprint density at radius 2 is 1.94 bits per heavy atom. The zero-order chi connectivity index (χ0) is 22.8. The van der Waals surface area contributed by atoms with E-state index in [1.165, 1.54) is 47.0 Å². The third-order valence-corrected chi connectivity index (χ3v) is 5.55. The molecule has 0 saturated carbocycles. The number of fused-ring (bicyclic) bond motifs is 1. The van der Waals surface area contributed by atoms with E-state index in [9.17, 15) is 18.8 Å². The SMILES string of the molecule is CC(=O)N1CCc2c(cn(-c3ccc(F)cc3)c(=O)c2C(=O)N(C)Cc2ccncn2)C1. The summed E-state index contributed by atoms with van der Waals surface area (Å²) in [5, 5.41) is 0. The smallest absolute Gasteiger partial charge is 0.268 e. The number of rotatable bonds is 4. The Bertz CT molecular complexity index is 1220. The molecule has 1 aliphatic heterocycles. The Hall–Kier alpha value is -3.88. The minimum atomic E-state index is -0.480. The van der Waals surface area contributed by atoms with Gasteiger partial charge in [0.25, 0.3) is 11.5 Å². The van der Waals surface area contributed by atoms with Crippen molar-refractivity contribution in [1.29, 1.82) is 0 Å². The molecule has 9 heteroatoms. The standard InChI is InChI=1S/C23H22FN5O3/c1-15(30)28-10-8-20-16(11-28)12-29(19-5-3-17(24)4-6-19)23(32)21(20)22(31)27(2)13-18-7-9-25-14-26-18/h3-7,9,12,14H,8,10-11,13H2,1-2H3. The lowest BCUT2D eigenvalue weighted by Crippen LogP contribution is -2.40. The van der Waals surface area contributed by atoms with Crippen molar-refractivity contribution >= 4 is 11.8 Å². The van der Waals surface area contributed by atoms with Crippen molar-refractivity contribution in [2.45, 2.75) is 26.4 Å². The van der Waals surface area contributed by atoms with Crippen molar-refractivity contribution in [3.63, 3.8) is 0 Å². The maximum absolute atomic E-state index is 13.5. The topological polar surface area (TPSA) is 88.4 Å². The van der Waals surface area contributed by atoms with Crippen LogP contribution >= 0.6 is 0 Å². The number of hydrogen-bond donors (Lipinski definition) is 0. The zero-order valence-electron chi connectivity index (χ0n) is 17.8. The molecular formula is C23H22FN5O3. The van der Waals surface area contributed by atoms with Crippen LogP contribution in [0, 0.1) is 5.82 Å². The Morgan fingerprint density at radius 1 is 1.19 bits per heavy atom. The number of aromatic nitrogens is 3. The summed E-state index contributed by atoms with van der Waals surface area (Å²) in [6.45, 7) is 2.42. The number of carbonyl (C=O) groups is 2. The highest BCUT2D eigenvalue weighted by molar-refractivity contribution is 5.95. The Labute approximate surface area is 183 Å². The summed E-state index contributed by atoms with van der Waals surface area (Å²) in [5.74, 6) is -0.940.